The molecule has 0 spiro atoms. The van der Waals surface area contributed by atoms with Gasteiger partial charge in [-0.1, -0.05) is 19.9 Å². The third-order valence-electron chi connectivity index (χ3n) is 2.57. The molecule has 0 fully saturated rings. The number of carbonyl (C=O) groups is 2. The van der Waals surface area contributed by atoms with E-state index in [9.17, 15) is 9.59 Å². The molecule has 2 N–H and O–H groups in total. The molecule has 0 aliphatic carbocycles. The molecule has 0 atom stereocenters. The Balaban J connectivity index is 4.47. The zero-order valence-electron chi connectivity index (χ0n) is 9.38. The molecule has 0 aromatic heterocycles. The summed E-state index contributed by atoms with van der Waals surface area (Å²) < 4.78 is 0. The van der Waals surface area contributed by atoms with Crippen LogP contribution in [0.25, 0.3) is 0 Å². The first-order valence-electron chi connectivity index (χ1n) is 5.17. The zero-order chi connectivity index (χ0) is 11.9. The summed E-state index contributed by atoms with van der Waals surface area (Å²) in [6.07, 6.45) is 3.27. The lowest BCUT2D eigenvalue weighted by Gasteiger charge is -2.27. The van der Waals surface area contributed by atoms with E-state index in [0.717, 1.165) is 0 Å². The SMILES string of the molecule is C=CCCC(=O)NC(CC)(CC)C(=O)O. The molecular formula is C11H19NO3. The Labute approximate surface area is 90.4 Å². The quantitative estimate of drug-likeness (QED) is 0.633. The minimum absolute atomic E-state index is 0.235. The smallest absolute Gasteiger partial charge is 0.329 e. The van der Waals surface area contributed by atoms with Crippen LogP contribution in [0, 0.1) is 0 Å². The highest BCUT2D eigenvalue weighted by Gasteiger charge is 2.35. The van der Waals surface area contributed by atoms with Crippen LogP contribution in [0.1, 0.15) is 39.5 Å². The normalized spacial score (nSPS) is 10.8. The van der Waals surface area contributed by atoms with Crippen LogP contribution < -0.4 is 5.32 Å². The second-order valence-electron chi connectivity index (χ2n) is 3.47. The van der Waals surface area contributed by atoms with Crippen LogP contribution >= 0.6 is 0 Å². The minimum atomic E-state index is -1.11. The average Bonchev–Trinajstić information content (AvgIpc) is 2.22. The topological polar surface area (TPSA) is 66.4 Å². The number of rotatable bonds is 7. The van der Waals surface area contributed by atoms with Crippen LogP contribution in [0.5, 0.6) is 0 Å². The standard InChI is InChI=1S/C11H19NO3/c1-4-7-8-9(13)12-11(5-2,6-3)10(14)15/h4H,1,5-8H2,2-3H3,(H,12,13)(H,14,15). The summed E-state index contributed by atoms with van der Waals surface area (Å²) in [5.41, 5.74) is -1.11. The van der Waals surface area contributed by atoms with E-state index in [-0.39, 0.29) is 5.91 Å². The molecule has 0 saturated heterocycles. The van der Waals surface area contributed by atoms with Crippen molar-refractivity contribution >= 4 is 11.9 Å². The molecule has 0 unspecified atom stereocenters. The van der Waals surface area contributed by atoms with Gasteiger partial charge in [-0.15, -0.1) is 6.58 Å². The fraction of sp³-hybridized carbons (Fsp3) is 0.636. The Morgan fingerprint density at radius 2 is 1.93 bits per heavy atom. The van der Waals surface area contributed by atoms with Gasteiger partial charge in [-0.05, 0) is 19.3 Å². The fourth-order valence-electron chi connectivity index (χ4n) is 1.35. The maximum atomic E-state index is 11.4. The maximum Gasteiger partial charge on any atom is 0.329 e. The van der Waals surface area contributed by atoms with Crippen LogP contribution in [0.15, 0.2) is 12.7 Å². The second kappa shape index (κ2) is 6.22. The Kier molecular flexibility index (Phi) is 5.67. The Morgan fingerprint density at radius 1 is 1.40 bits per heavy atom. The first-order chi connectivity index (χ1) is 7.02. The highest BCUT2D eigenvalue weighted by molar-refractivity contribution is 5.86. The highest BCUT2D eigenvalue weighted by atomic mass is 16.4. The van der Waals surface area contributed by atoms with Gasteiger partial charge in [-0.2, -0.15) is 0 Å². The number of amides is 1. The van der Waals surface area contributed by atoms with Crippen molar-refractivity contribution < 1.29 is 14.7 Å². The molecule has 4 nitrogen and oxygen atoms in total. The first kappa shape index (κ1) is 13.7. The number of nitrogens with one attached hydrogen (secondary N) is 1. The van der Waals surface area contributed by atoms with Crippen LogP contribution in [0.4, 0.5) is 0 Å². The van der Waals surface area contributed by atoms with Gasteiger partial charge >= 0.3 is 5.97 Å². The van der Waals surface area contributed by atoms with Crippen molar-refractivity contribution in [1.29, 1.82) is 0 Å². The molecule has 15 heavy (non-hydrogen) atoms. The number of hydrogen-bond acceptors (Lipinski definition) is 2. The van der Waals surface area contributed by atoms with Gasteiger partial charge in [0.1, 0.15) is 5.54 Å². The van der Waals surface area contributed by atoms with Crippen molar-refractivity contribution in [3.05, 3.63) is 12.7 Å². The summed E-state index contributed by atoms with van der Waals surface area (Å²) in [5, 5.41) is 11.6. The monoisotopic (exact) mass is 213 g/mol. The average molecular weight is 213 g/mol. The van der Waals surface area contributed by atoms with Crippen LogP contribution in [0.3, 0.4) is 0 Å². The molecule has 0 aromatic rings. The van der Waals surface area contributed by atoms with E-state index in [4.69, 9.17) is 5.11 Å². The molecule has 0 heterocycles. The van der Waals surface area contributed by atoms with E-state index in [1.807, 2.05) is 0 Å². The lowest BCUT2D eigenvalue weighted by molar-refractivity contribution is -0.148. The predicted octanol–water partition coefficient (Wildman–Crippen LogP) is 1.71. The van der Waals surface area contributed by atoms with Gasteiger partial charge in [0.05, 0.1) is 0 Å². The van der Waals surface area contributed by atoms with Gasteiger partial charge in [-0.3, -0.25) is 4.79 Å². The van der Waals surface area contributed by atoms with Crippen molar-refractivity contribution in [2.24, 2.45) is 0 Å². The maximum absolute atomic E-state index is 11.4. The van der Waals surface area contributed by atoms with E-state index in [0.29, 0.717) is 25.7 Å². The first-order valence-corrected chi connectivity index (χ1v) is 5.17. The van der Waals surface area contributed by atoms with Gasteiger partial charge in [0.25, 0.3) is 0 Å². The third kappa shape index (κ3) is 3.73. The molecular weight excluding hydrogens is 194 g/mol. The molecule has 0 saturated carbocycles. The van der Waals surface area contributed by atoms with E-state index in [2.05, 4.69) is 11.9 Å². The van der Waals surface area contributed by atoms with Gasteiger partial charge in [0, 0.05) is 6.42 Å². The third-order valence-corrected chi connectivity index (χ3v) is 2.57. The number of aliphatic carboxylic acids is 1. The van der Waals surface area contributed by atoms with Crippen molar-refractivity contribution in [2.75, 3.05) is 0 Å². The molecule has 0 rings (SSSR count). The fourth-order valence-corrected chi connectivity index (χ4v) is 1.35. The van der Waals surface area contributed by atoms with Crippen molar-refractivity contribution in [3.8, 4) is 0 Å². The highest BCUT2D eigenvalue weighted by Crippen LogP contribution is 2.15. The van der Waals surface area contributed by atoms with E-state index in [1.54, 1.807) is 19.9 Å². The molecule has 4 heteroatoms. The summed E-state index contributed by atoms with van der Waals surface area (Å²) in [6.45, 7) is 7.02. The number of carboxylic acid groups (broad SMARTS) is 1. The number of allylic oxidation sites excluding steroid dienone is 1. The zero-order valence-corrected chi connectivity index (χ0v) is 9.38. The van der Waals surface area contributed by atoms with E-state index >= 15 is 0 Å². The molecule has 0 bridgehead atoms. The number of carbonyl (C=O) groups excluding carboxylic acids is 1. The van der Waals surface area contributed by atoms with Gasteiger partial charge in [-0.25, -0.2) is 4.79 Å². The molecule has 0 radical (unpaired) electrons. The van der Waals surface area contributed by atoms with Crippen molar-refractivity contribution in [3.63, 3.8) is 0 Å². The molecule has 0 aliphatic rings. The summed E-state index contributed by atoms with van der Waals surface area (Å²) in [7, 11) is 0. The van der Waals surface area contributed by atoms with Crippen molar-refractivity contribution in [2.45, 2.75) is 45.1 Å². The summed E-state index contributed by atoms with van der Waals surface area (Å²) in [5.74, 6) is -1.21. The minimum Gasteiger partial charge on any atom is -0.480 e. The number of hydrogen-bond donors (Lipinski definition) is 2. The number of carboxylic acids is 1. The lowest BCUT2D eigenvalue weighted by atomic mass is 9.92. The largest absolute Gasteiger partial charge is 0.480 e. The molecule has 0 aliphatic heterocycles. The molecule has 0 aromatic carbocycles. The summed E-state index contributed by atoms with van der Waals surface area (Å²) >= 11 is 0. The van der Waals surface area contributed by atoms with Crippen LogP contribution in [0.2, 0.25) is 0 Å². The van der Waals surface area contributed by atoms with Gasteiger partial charge < -0.3 is 10.4 Å². The van der Waals surface area contributed by atoms with Crippen LogP contribution in [-0.2, 0) is 9.59 Å². The van der Waals surface area contributed by atoms with E-state index < -0.39 is 11.5 Å². The second-order valence-corrected chi connectivity index (χ2v) is 3.47. The summed E-state index contributed by atoms with van der Waals surface area (Å²) in [4.78, 5) is 22.5. The van der Waals surface area contributed by atoms with Crippen molar-refractivity contribution in [1.82, 2.24) is 5.32 Å². The Morgan fingerprint density at radius 3 is 2.27 bits per heavy atom. The Hall–Kier alpha value is -1.32. The van der Waals surface area contributed by atoms with Gasteiger partial charge in [0.15, 0.2) is 0 Å². The van der Waals surface area contributed by atoms with E-state index in [1.165, 1.54) is 0 Å². The Bertz CT molecular complexity index is 244. The van der Waals surface area contributed by atoms with Gasteiger partial charge in [0.2, 0.25) is 5.91 Å². The predicted molar refractivity (Wildman–Crippen MR) is 58.5 cm³/mol. The summed E-state index contributed by atoms with van der Waals surface area (Å²) in [6, 6.07) is 0. The molecule has 86 valence electrons. The lowest BCUT2D eigenvalue weighted by Crippen LogP contribution is -2.53. The van der Waals surface area contributed by atoms with Crippen LogP contribution in [-0.4, -0.2) is 22.5 Å². The molecule has 1 amide bonds.